The lowest BCUT2D eigenvalue weighted by molar-refractivity contribution is 0.0182. The van der Waals surface area contributed by atoms with Crippen LogP contribution in [0.25, 0.3) is 11.1 Å². The SMILES string of the molecule is N#Cc1c(F)cc(C(O)C(O)CNC(=O)OCC2c3ccccc3-c3ccccc32)cc1F. The van der Waals surface area contributed by atoms with Crippen LogP contribution in [0, 0.1) is 23.0 Å². The van der Waals surface area contributed by atoms with Gasteiger partial charge in [-0.3, -0.25) is 0 Å². The summed E-state index contributed by atoms with van der Waals surface area (Å²) in [5, 5.41) is 31.4. The molecule has 6 nitrogen and oxygen atoms in total. The minimum Gasteiger partial charge on any atom is -0.449 e. The zero-order valence-electron chi connectivity index (χ0n) is 17.3. The molecule has 0 radical (unpaired) electrons. The highest BCUT2D eigenvalue weighted by Crippen LogP contribution is 2.44. The molecule has 0 heterocycles. The van der Waals surface area contributed by atoms with Gasteiger partial charge in [-0.15, -0.1) is 0 Å². The first kappa shape index (κ1) is 22.4. The van der Waals surface area contributed by atoms with E-state index in [1.807, 2.05) is 48.5 Å². The van der Waals surface area contributed by atoms with E-state index >= 15 is 0 Å². The van der Waals surface area contributed by atoms with Gasteiger partial charge in [0.25, 0.3) is 0 Å². The fourth-order valence-electron chi connectivity index (χ4n) is 4.04. The fourth-order valence-corrected chi connectivity index (χ4v) is 4.04. The minimum atomic E-state index is -1.68. The summed E-state index contributed by atoms with van der Waals surface area (Å²) < 4.78 is 32.9. The molecule has 1 aliphatic rings. The second-order valence-electron chi connectivity index (χ2n) is 7.69. The quantitative estimate of drug-likeness (QED) is 0.531. The predicted octanol–water partition coefficient (Wildman–Crippen LogP) is 3.77. The van der Waals surface area contributed by atoms with Crippen molar-refractivity contribution in [3.8, 4) is 17.2 Å². The Hall–Kier alpha value is -3.80. The van der Waals surface area contributed by atoms with Gasteiger partial charge in [0.15, 0.2) is 0 Å². The lowest BCUT2D eigenvalue weighted by atomic mass is 9.98. The fraction of sp³-hybridized carbons (Fsp3) is 0.200. The molecule has 0 spiro atoms. The molecule has 3 aromatic rings. The van der Waals surface area contributed by atoms with Gasteiger partial charge in [0, 0.05) is 12.5 Å². The number of ether oxygens (including phenoxy) is 1. The van der Waals surface area contributed by atoms with Crippen molar-refractivity contribution in [3.05, 3.63) is 94.6 Å². The average molecular weight is 450 g/mol. The number of nitriles is 1. The van der Waals surface area contributed by atoms with Crippen LogP contribution in [0.2, 0.25) is 0 Å². The molecule has 0 aliphatic heterocycles. The van der Waals surface area contributed by atoms with E-state index in [1.54, 1.807) is 0 Å². The van der Waals surface area contributed by atoms with E-state index in [2.05, 4.69) is 5.32 Å². The molecule has 1 aliphatic carbocycles. The number of hydrogen-bond donors (Lipinski definition) is 3. The summed E-state index contributed by atoms with van der Waals surface area (Å²) in [6, 6.07) is 18.6. The Morgan fingerprint density at radius 2 is 1.58 bits per heavy atom. The van der Waals surface area contributed by atoms with E-state index < -0.39 is 42.0 Å². The van der Waals surface area contributed by atoms with E-state index in [4.69, 9.17) is 10.00 Å². The van der Waals surface area contributed by atoms with Crippen LogP contribution in [0.3, 0.4) is 0 Å². The van der Waals surface area contributed by atoms with Crippen LogP contribution in [-0.4, -0.2) is 35.6 Å². The molecule has 0 saturated carbocycles. The lowest BCUT2D eigenvalue weighted by Crippen LogP contribution is -2.36. The molecule has 0 bridgehead atoms. The Balaban J connectivity index is 1.35. The molecule has 0 saturated heterocycles. The largest absolute Gasteiger partial charge is 0.449 e. The van der Waals surface area contributed by atoms with Crippen molar-refractivity contribution in [3.63, 3.8) is 0 Å². The van der Waals surface area contributed by atoms with Gasteiger partial charge in [0.05, 0.1) is 0 Å². The van der Waals surface area contributed by atoms with Crippen molar-refractivity contribution >= 4 is 6.09 Å². The molecule has 2 atom stereocenters. The zero-order chi connectivity index (χ0) is 23.5. The van der Waals surface area contributed by atoms with Crippen LogP contribution >= 0.6 is 0 Å². The Kier molecular flexibility index (Phi) is 6.36. The van der Waals surface area contributed by atoms with Crippen LogP contribution in [0.4, 0.5) is 13.6 Å². The third-order valence-electron chi connectivity index (χ3n) is 5.68. The molecule has 168 valence electrons. The van der Waals surface area contributed by atoms with Crippen molar-refractivity contribution < 1.29 is 28.5 Å². The maximum Gasteiger partial charge on any atom is 0.407 e. The number of carbonyl (C=O) groups is 1. The van der Waals surface area contributed by atoms with Gasteiger partial charge in [-0.05, 0) is 39.9 Å². The maximum absolute atomic E-state index is 13.8. The molecule has 1 amide bonds. The summed E-state index contributed by atoms with van der Waals surface area (Å²) in [7, 11) is 0. The molecule has 2 unspecified atom stereocenters. The van der Waals surface area contributed by atoms with Crippen LogP contribution in [0.5, 0.6) is 0 Å². The van der Waals surface area contributed by atoms with Crippen molar-refractivity contribution in [1.29, 1.82) is 5.26 Å². The molecule has 8 heteroatoms. The molecule has 3 N–H and O–H groups in total. The molecule has 4 rings (SSSR count). The molecular formula is C25H20F2N2O4. The van der Waals surface area contributed by atoms with Crippen molar-refractivity contribution in [2.75, 3.05) is 13.2 Å². The standard InChI is InChI=1S/C25H20F2N2O4/c26-21-9-14(10-22(27)19(21)11-28)24(31)23(30)12-29-25(32)33-13-20-17-7-3-1-5-15(17)16-6-2-4-8-18(16)20/h1-10,20,23-24,30-31H,12-13H2,(H,29,32). The number of aliphatic hydroxyl groups is 2. The normalized spacial score (nSPS) is 14.0. The van der Waals surface area contributed by atoms with E-state index in [0.29, 0.717) is 0 Å². The second-order valence-corrected chi connectivity index (χ2v) is 7.69. The monoisotopic (exact) mass is 450 g/mol. The Morgan fingerprint density at radius 1 is 1.03 bits per heavy atom. The maximum atomic E-state index is 13.8. The van der Waals surface area contributed by atoms with Gasteiger partial charge in [-0.25, -0.2) is 13.6 Å². The number of aliphatic hydroxyl groups excluding tert-OH is 2. The highest BCUT2D eigenvalue weighted by molar-refractivity contribution is 5.79. The summed E-state index contributed by atoms with van der Waals surface area (Å²) in [6.45, 7) is -0.342. The summed E-state index contributed by atoms with van der Waals surface area (Å²) in [4.78, 5) is 12.2. The second kappa shape index (κ2) is 9.36. The molecule has 3 aromatic carbocycles. The number of nitrogens with zero attached hydrogens (tertiary/aromatic N) is 1. The van der Waals surface area contributed by atoms with Crippen molar-refractivity contribution in [1.82, 2.24) is 5.32 Å². The van der Waals surface area contributed by atoms with Crippen LogP contribution in [-0.2, 0) is 4.74 Å². The Bertz CT molecular complexity index is 1170. The van der Waals surface area contributed by atoms with Gasteiger partial charge in [-0.1, -0.05) is 48.5 Å². The summed E-state index contributed by atoms with van der Waals surface area (Å²) in [6.07, 6.45) is -4.05. The smallest absolute Gasteiger partial charge is 0.407 e. The molecular weight excluding hydrogens is 430 g/mol. The van der Waals surface area contributed by atoms with Gasteiger partial charge in [-0.2, -0.15) is 5.26 Å². The molecule has 33 heavy (non-hydrogen) atoms. The van der Waals surface area contributed by atoms with Crippen molar-refractivity contribution in [2.24, 2.45) is 0 Å². The molecule has 0 aromatic heterocycles. The van der Waals surface area contributed by atoms with Gasteiger partial charge < -0.3 is 20.3 Å². The number of nitrogens with one attached hydrogen (secondary N) is 1. The topological polar surface area (TPSA) is 103 Å². The minimum absolute atomic E-state index is 0.0740. The first-order valence-corrected chi connectivity index (χ1v) is 10.2. The van der Waals surface area contributed by atoms with E-state index in [9.17, 15) is 23.8 Å². The third kappa shape index (κ3) is 4.42. The number of carbonyl (C=O) groups excluding carboxylic acids is 1. The van der Waals surface area contributed by atoms with Gasteiger partial charge >= 0.3 is 6.09 Å². The van der Waals surface area contributed by atoms with E-state index in [1.165, 1.54) is 6.07 Å². The number of alkyl carbamates (subject to hydrolysis) is 1. The number of rotatable bonds is 6. The third-order valence-corrected chi connectivity index (χ3v) is 5.68. The zero-order valence-corrected chi connectivity index (χ0v) is 17.3. The van der Waals surface area contributed by atoms with Gasteiger partial charge in [0.1, 0.15) is 42.1 Å². The number of halogens is 2. The van der Waals surface area contributed by atoms with E-state index in [0.717, 1.165) is 34.4 Å². The van der Waals surface area contributed by atoms with Gasteiger partial charge in [0.2, 0.25) is 0 Å². The predicted molar refractivity (Wildman–Crippen MR) is 115 cm³/mol. The van der Waals surface area contributed by atoms with Crippen molar-refractivity contribution in [2.45, 2.75) is 18.1 Å². The number of benzene rings is 3. The molecule has 0 fully saturated rings. The van der Waals surface area contributed by atoms with E-state index in [-0.39, 0.29) is 18.1 Å². The summed E-state index contributed by atoms with van der Waals surface area (Å²) >= 11 is 0. The first-order chi connectivity index (χ1) is 15.9. The number of fused-ring (bicyclic) bond motifs is 3. The summed E-state index contributed by atoms with van der Waals surface area (Å²) in [5.41, 5.74) is 3.23. The highest BCUT2D eigenvalue weighted by Gasteiger charge is 2.29. The Morgan fingerprint density at radius 3 is 2.12 bits per heavy atom. The summed E-state index contributed by atoms with van der Waals surface area (Å²) in [5.74, 6) is -2.44. The highest BCUT2D eigenvalue weighted by atomic mass is 19.1. The number of hydrogen-bond acceptors (Lipinski definition) is 5. The van der Waals surface area contributed by atoms with Crippen LogP contribution < -0.4 is 5.32 Å². The first-order valence-electron chi connectivity index (χ1n) is 10.2. The number of amides is 1. The lowest BCUT2D eigenvalue weighted by Gasteiger charge is -2.19. The van der Waals surface area contributed by atoms with Crippen LogP contribution in [0.1, 0.15) is 34.3 Å². The average Bonchev–Trinajstić information content (AvgIpc) is 3.14. The Labute approximate surface area is 188 Å². The van der Waals surface area contributed by atoms with Crippen LogP contribution in [0.15, 0.2) is 60.7 Å².